The Morgan fingerprint density at radius 2 is 2.06 bits per heavy atom. The van der Waals surface area contributed by atoms with Gasteiger partial charge in [-0.3, -0.25) is 9.69 Å². The highest BCUT2D eigenvalue weighted by Crippen LogP contribution is 2.13. The van der Waals surface area contributed by atoms with Crippen LogP contribution in [0.2, 0.25) is 0 Å². The van der Waals surface area contributed by atoms with Gasteiger partial charge in [0.25, 0.3) is 0 Å². The van der Waals surface area contributed by atoms with Gasteiger partial charge in [-0.15, -0.1) is 0 Å². The number of hydrogen-bond donors (Lipinski definition) is 1. The van der Waals surface area contributed by atoms with E-state index in [2.05, 4.69) is 11.8 Å². The molecule has 1 heterocycles. The SMILES string of the molecule is CCCCOC(=O)CN1CCC(OCCO)CC1. The minimum absolute atomic E-state index is 0.0734. The Hall–Kier alpha value is -0.650. The lowest BCUT2D eigenvalue weighted by Gasteiger charge is -2.30. The highest BCUT2D eigenvalue weighted by molar-refractivity contribution is 5.71. The van der Waals surface area contributed by atoms with Crippen LogP contribution < -0.4 is 0 Å². The van der Waals surface area contributed by atoms with Gasteiger partial charge in [-0.25, -0.2) is 0 Å². The zero-order valence-electron chi connectivity index (χ0n) is 11.3. The van der Waals surface area contributed by atoms with Gasteiger partial charge in [0.2, 0.25) is 0 Å². The molecule has 1 saturated heterocycles. The smallest absolute Gasteiger partial charge is 0.320 e. The molecule has 1 aliphatic heterocycles. The molecule has 1 aliphatic rings. The summed E-state index contributed by atoms with van der Waals surface area (Å²) in [5, 5.41) is 8.67. The second-order valence-electron chi connectivity index (χ2n) is 4.64. The molecule has 18 heavy (non-hydrogen) atoms. The van der Waals surface area contributed by atoms with E-state index in [0.717, 1.165) is 38.8 Å². The first-order chi connectivity index (χ1) is 8.76. The first-order valence-corrected chi connectivity index (χ1v) is 6.86. The maximum Gasteiger partial charge on any atom is 0.320 e. The summed E-state index contributed by atoms with van der Waals surface area (Å²) in [7, 11) is 0. The normalized spacial score (nSPS) is 17.9. The standard InChI is InChI=1S/C13H25NO4/c1-2-3-9-18-13(16)11-14-6-4-12(5-7-14)17-10-8-15/h12,15H,2-11H2,1H3. The average Bonchev–Trinajstić information content (AvgIpc) is 2.38. The maximum absolute atomic E-state index is 11.5. The maximum atomic E-state index is 11.5. The fourth-order valence-electron chi connectivity index (χ4n) is 2.01. The number of aliphatic hydroxyl groups is 1. The third-order valence-electron chi connectivity index (χ3n) is 3.09. The number of carbonyl (C=O) groups excluding carboxylic acids is 1. The van der Waals surface area contributed by atoms with E-state index in [4.69, 9.17) is 14.6 Å². The molecule has 1 N–H and O–H groups in total. The van der Waals surface area contributed by atoms with Gasteiger partial charge in [-0.05, 0) is 19.3 Å². The molecule has 0 aromatic heterocycles. The Morgan fingerprint density at radius 3 is 2.67 bits per heavy atom. The lowest BCUT2D eigenvalue weighted by atomic mass is 10.1. The Bertz CT molecular complexity index is 227. The van der Waals surface area contributed by atoms with Gasteiger partial charge in [-0.2, -0.15) is 0 Å². The van der Waals surface area contributed by atoms with Gasteiger partial charge in [-0.1, -0.05) is 13.3 Å². The minimum Gasteiger partial charge on any atom is -0.465 e. The molecule has 1 fully saturated rings. The van der Waals surface area contributed by atoms with Crippen LogP contribution in [0.1, 0.15) is 32.6 Å². The van der Waals surface area contributed by atoms with Crippen LogP contribution in [-0.4, -0.2) is 61.5 Å². The van der Waals surface area contributed by atoms with Gasteiger partial charge in [0.1, 0.15) is 0 Å². The summed E-state index contributed by atoms with van der Waals surface area (Å²) in [6.07, 6.45) is 4.04. The van der Waals surface area contributed by atoms with Crippen molar-refractivity contribution in [2.75, 3.05) is 39.5 Å². The fraction of sp³-hybridized carbons (Fsp3) is 0.923. The molecule has 0 aromatic carbocycles. The summed E-state index contributed by atoms with van der Waals surface area (Å²) < 4.78 is 10.6. The summed E-state index contributed by atoms with van der Waals surface area (Å²) in [6.45, 7) is 5.19. The molecule has 0 radical (unpaired) electrons. The lowest BCUT2D eigenvalue weighted by Crippen LogP contribution is -2.40. The third kappa shape index (κ3) is 6.33. The van der Waals surface area contributed by atoms with Crippen molar-refractivity contribution in [2.24, 2.45) is 0 Å². The molecule has 0 saturated carbocycles. The quantitative estimate of drug-likeness (QED) is 0.516. The van der Waals surface area contributed by atoms with Crippen LogP contribution >= 0.6 is 0 Å². The summed E-state index contributed by atoms with van der Waals surface area (Å²) in [5.41, 5.74) is 0. The van der Waals surface area contributed by atoms with E-state index in [1.165, 1.54) is 0 Å². The third-order valence-corrected chi connectivity index (χ3v) is 3.09. The van der Waals surface area contributed by atoms with Gasteiger partial charge in [0.15, 0.2) is 0 Å². The van der Waals surface area contributed by atoms with Crippen LogP contribution in [0.15, 0.2) is 0 Å². The number of likely N-dealkylation sites (tertiary alicyclic amines) is 1. The van der Waals surface area contributed by atoms with Crippen molar-refractivity contribution in [2.45, 2.75) is 38.7 Å². The largest absolute Gasteiger partial charge is 0.465 e. The lowest BCUT2D eigenvalue weighted by molar-refractivity contribution is -0.145. The van der Waals surface area contributed by atoms with Gasteiger partial charge in [0, 0.05) is 13.1 Å². The molecular formula is C13H25NO4. The first-order valence-electron chi connectivity index (χ1n) is 6.86. The van der Waals surface area contributed by atoms with E-state index >= 15 is 0 Å². The number of piperidine rings is 1. The van der Waals surface area contributed by atoms with Crippen molar-refractivity contribution in [1.29, 1.82) is 0 Å². The number of ether oxygens (including phenoxy) is 2. The summed E-state index contributed by atoms with van der Waals surface area (Å²) >= 11 is 0. The average molecular weight is 259 g/mol. The molecule has 0 amide bonds. The number of carbonyl (C=O) groups is 1. The topological polar surface area (TPSA) is 59.0 Å². The molecule has 0 atom stereocenters. The van der Waals surface area contributed by atoms with Gasteiger partial charge >= 0.3 is 5.97 Å². The highest BCUT2D eigenvalue weighted by atomic mass is 16.5. The Kier molecular flexibility index (Phi) is 7.96. The summed E-state index contributed by atoms with van der Waals surface area (Å²) in [4.78, 5) is 13.6. The van der Waals surface area contributed by atoms with Gasteiger partial charge < -0.3 is 14.6 Å². The van der Waals surface area contributed by atoms with Crippen molar-refractivity contribution in [3.63, 3.8) is 0 Å². The van der Waals surface area contributed by atoms with Crippen molar-refractivity contribution < 1.29 is 19.4 Å². The zero-order chi connectivity index (χ0) is 13.2. The van der Waals surface area contributed by atoms with Crippen LogP contribution in [-0.2, 0) is 14.3 Å². The highest BCUT2D eigenvalue weighted by Gasteiger charge is 2.21. The van der Waals surface area contributed by atoms with E-state index in [1.54, 1.807) is 0 Å². The molecule has 5 nitrogen and oxygen atoms in total. The number of hydrogen-bond acceptors (Lipinski definition) is 5. The van der Waals surface area contributed by atoms with E-state index in [-0.39, 0.29) is 18.7 Å². The second-order valence-corrected chi connectivity index (χ2v) is 4.64. The van der Waals surface area contributed by atoms with E-state index in [1.807, 2.05) is 0 Å². The molecule has 0 spiro atoms. The van der Waals surface area contributed by atoms with E-state index < -0.39 is 0 Å². The Morgan fingerprint density at radius 1 is 1.33 bits per heavy atom. The monoisotopic (exact) mass is 259 g/mol. The van der Waals surface area contributed by atoms with Crippen molar-refractivity contribution in [1.82, 2.24) is 4.90 Å². The summed E-state index contributed by atoms with van der Waals surface area (Å²) in [6, 6.07) is 0. The number of rotatable bonds is 8. The van der Waals surface area contributed by atoms with Crippen LogP contribution in [0.25, 0.3) is 0 Å². The summed E-state index contributed by atoms with van der Waals surface area (Å²) in [5.74, 6) is -0.127. The zero-order valence-corrected chi connectivity index (χ0v) is 11.3. The van der Waals surface area contributed by atoms with Crippen molar-refractivity contribution >= 4 is 5.97 Å². The molecule has 0 aromatic rings. The molecular weight excluding hydrogens is 234 g/mol. The molecule has 0 unspecified atom stereocenters. The molecule has 1 rings (SSSR count). The number of unbranched alkanes of at least 4 members (excludes halogenated alkanes) is 1. The van der Waals surface area contributed by atoms with Crippen LogP contribution in [0.3, 0.4) is 0 Å². The predicted octanol–water partition coefficient (Wildman–Crippen LogP) is 0.803. The van der Waals surface area contributed by atoms with Crippen LogP contribution in [0, 0.1) is 0 Å². The number of nitrogens with zero attached hydrogens (tertiary/aromatic N) is 1. The number of aliphatic hydroxyl groups excluding tert-OH is 1. The minimum atomic E-state index is -0.127. The molecule has 106 valence electrons. The van der Waals surface area contributed by atoms with Crippen LogP contribution in [0.4, 0.5) is 0 Å². The molecule has 5 heteroatoms. The Labute approximate surface area is 109 Å². The van der Waals surface area contributed by atoms with E-state index in [9.17, 15) is 4.79 Å². The first kappa shape index (κ1) is 15.4. The molecule has 0 aliphatic carbocycles. The molecule has 0 bridgehead atoms. The fourth-order valence-corrected chi connectivity index (χ4v) is 2.01. The van der Waals surface area contributed by atoms with Crippen LogP contribution in [0.5, 0.6) is 0 Å². The predicted molar refractivity (Wildman–Crippen MR) is 68.4 cm³/mol. The Balaban J connectivity index is 2.09. The van der Waals surface area contributed by atoms with Gasteiger partial charge in [0.05, 0.1) is 32.5 Å². The number of esters is 1. The second kappa shape index (κ2) is 9.30. The van der Waals surface area contributed by atoms with E-state index in [0.29, 0.717) is 19.8 Å². The van der Waals surface area contributed by atoms with Crippen molar-refractivity contribution in [3.05, 3.63) is 0 Å². The van der Waals surface area contributed by atoms with Crippen molar-refractivity contribution in [3.8, 4) is 0 Å².